The van der Waals surface area contributed by atoms with E-state index in [-0.39, 0.29) is 6.04 Å². The fraction of sp³-hybridized carbons (Fsp3) is 0.647. The zero-order chi connectivity index (χ0) is 14.5. The second kappa shape index (κ2) is 7.09. The van der Waals surface area contributed by atoms with Crippen LogP contribution in [0.15, 0.2) is 24.3 Å². The normalized spacial score (nSPS) is 23.9. The van der Waals surface area contributed by atoms with Crippen LogP contribution in [0.5, 0.6) is 5.75 Å². The van der Waals surface area contributed by atoms with Crippen molar-refractivity contribution in [2.45, 2.75) is 57.7 Å². The molecule has 3 unspecified atom stereocenters. The molecule has 2 rings (SSSR count). The number of benzene rings is 1. The van der Waals surface area contributed by atoms with E-state index in [1.807, 2.05) is 24.3 Å². The molecule has 1 aliphatic rings. The van der Waals surface area contributed by atoms with E-state index >= 15 is 0 Å². The molecule has 1 aromatic rings. The van der Waals surface area contributed by atoms with Gasteiger partial charge < -0.3 is 9.84 Å². The van der Waals surface area contributed by atoms with Gasteiger partial charge >= 0.3 is 0 Å². The highest BCUT2D eigenvalue weighted by Gasteiger charge is 2.27. The molecule has 0 radical (unpaired) electrons. The first-order valence-corrected chi connectivity index (χ1v) is 7.71. The van der Waals surface area contributed by atoms with Gasteiger partial charge in [0.05, 0.1) is 13.2 Å². The van der Waals surface area contributed by atoms with Crippen molar-refractivity contribution in [3.8, 4) is 5.75 Å². The Kier molecular flexibility index (Phi) is 5.44. The lowest BCUT2D eigenvalue weighted by Crippen LogP contribution is -2.43. The van der Waals surface area contributed by atoms with Crippen molar-refractivity contribution in [3.05, 3.63) is 29.8 Å². The number of aliphatic hydroxyl groups excluding tert-OH is 1. The Labute approximate surface area is 122 Å². The molecule has 1 saturated heterocycles. The van der Waals surface area contributed by atoms with Crippen molar-refractivity contribution >= 4 is 0 Å². The average molecular weight is 277 g/mol. The molecule has 0 amide bonds. The van der Waals surface area contributed by atoms with Gasteiger partial charge in [-0.3, -0.25) is 4.90 Å². The summed E-state index contributed by atoms with van der Waals surface area (Å²) in [5.41, 5.74) is 0.967. The maximum absolute atomic E-state index is 10.6. The molecule has 1 aromatic carbocycles. The van der Waals surface area contributed by atoms with Crippen molar-refractivity contribution in [1.82, 2.24) is 4.90 Å². The molecule has 0 aliphatic carbocycles. The number of methoxy groups -OCH3 is 1. The second-order valence-electron chi connectivity index (χ2n) is 5.89. The van der Waals surface area contributed by atoms with Crippen LogP contribution < -0.4 is 4.74 Å². The van der Waals surface area contributed by atoms with Crippen LogP contribution in [0.2, 0.25) is 0 Å². The lowest BCUT2D eigenvalue weighted by Gasteiger charge is -2.36. The molecule has 3 atom stereocenters. The molecule has 112 valence electrons. The van der Waals surface area contributed by atoms with E-state index in [1.54, 1.807) is 7.11 Å². The van der Waals surface area contributed by atoms with Gasteiger partial charge in [-0.1, -0.05) is 25.0 Å². The predicted octanol–water partition coefficient (Wildman–Crippen LogP) is 3.38. The Hall–Kier alpha value is -1.06. The Bertz CT molecular complexity index is 404. The Morgan fingerprint density at radius 1 is 1.20 bits per heavy atom. The highest BCUT2D eigenvalue weighted by Crippen LogP contribution is 2.27. The van der Waals surface area contributed by atoms with Gasteiger partial charge in [-0.15, -0.1) is 0 Å². The number of nitrogens with zero attached hydrogens (tertiary/aromatic N) is 1. The second-order valence-corrected chi connectivity index (χ2v) is 5.89. The van der Waals surface area contributed by atoms with Gasteiger partial charge in [0.2, 0.25) is 0 Å². The minimum absolute atomic E-state index is 0.150. The summed E-state index contributed by atoms with van der Waals surface area (Å²) in [6.07, 6.45) is 4.65. The lowest BCUT2D eigenvalue weighted by molar-refractivity contribution is 0.0377. The van der Waals surface area contributed by atoms with Gasteiger partial charge in [0.1, 0.15) is 5.75 Å². The summed E-state index contributed by atoms with van der Waals surface area (Å²) in [7, 11) is 1.66. The molecular weight excluding hydrogens is 250 g/mol. The molecule has 3 heteroatoms. The summed E-state index contributed by atoms with van der Waals surface area (Å²) < 4.78 is 5.17. The maximum atomic E-state index is 10.6. The highest BCUT2D eigenvalue weighted by molar-refractivity contribution is 5.29. The molecular formula is C17H27NO2. The van der Waals surface area contributed by atoms with E-state index < -0.39 is 6.10 Å². The Morgan fingerprint density at radius 3 is 2.55 bits per heavy atom. The zero-order valence-corrected chi connectivity index (χ0v) is 12.9. The van der Waals surface area contributed by atoms with Crippen LogP contribution >= 0.6 is 0 Å². The smallest absolute Gasteiger partial charge is 0.118 e. The molecule has 1 aliphatic heterocycles. The fourth-order valence-electron chi connectivity index (χ4n) is 3.16. The van der Waals surface area contributed by atoms with Gasteiger partial charge in [0.25, 0.3) is 0 Å². The molecule has 0 saturated carbocycles. The van der Waals surface area contributed by atoms with Gasteiger partial charge in [-0.2, -0.15) is 0 Å². The van der Waals surface area contributed by atoms with Crippen molar-refractivity contribution < 1.29 is 9.84 Å². The van der Waals surface area contributed by atoms with Crippen LogP contribution in [0.4, 0.5) is 0 Å². The zero-order valence-electron chi connectivity index (χ0n) is 12.9. The number of likely N-dealkylation sites (tertiary alicyclic amines) is 1. The third kappa shape index (κ3) is 3.53. The van der Waals surface area contributed by atoms with Crippen molar-refractivity contribution in [1.29, 1.82) is 0 Å². The molecule has 0 aromatic heterocycles. The van der Waals surface area contributed by atoms with E-state index in [1.165, 1.54) is 25.7 Å². The van der Waals surface area contributed by atoms with Gasteiger partial charge in [0.15, 0.2) is 0 Å². The molecule has 1 heterocycles. The highest BCUT2D eigenvalue weighted by atomic mass is 16.5. The molecule has 20 heavy (non-hydrogen) atoms. The first kappa shape index (κ1) is 15.3. The Balaban J connectivity index is 2.07. The molecule has 1 fully saturated rings. The number of hydrogen-bond acceptors (Lipinski definition) is 3. The third-order valence-corrected chi connectivity index (χ3v) is 4.54. The number of aliphatic hydroxyl groups is 1. The van der Waals surface area contributed by atoms with Crippen LogP contribution in [0.25, 0.3) is 0 Å². The van der Waals surface area contributed by atoms with E-state index in [4.69, 9.17) is 4.74 Å². The van der Waals surface area contributed by atoms with Gasteiger partial charge in [-0.05, 0) is 50.9 Å². The summed E-state index contributed by atoms with van der Waals surface area (Å²) in [4.78, 5) is 2.46. The predicted molar refractivity (Wildman–Crippen MR) is 82.1 cm³/mol. The maximum Gasteiger partial charge on any atom is 0.118 e. The summed E-state index contributed by atoms with van der Waals surface area (Å²) >= 11 is 0. The minimum atomic E-state index is -0.443. The quantitative estimate of drug-likeness (QED) is 0.915. The fourth-order valence-corrected chi connectivity index (χ4v) is 3.16. The van der Waals surface area contributed by atoms with Gasteiger partial charge in [-0.25, -0.2) is 0 Å². The molecule has 1 N–H and O–H groups in total. The first-order valence-electron chi connectivity index (χ1n) is 7.71. The van der Waals surface area contributed by atoms with E-state index in [0.29, 0.717) is 6.04 Å². The summed E-state index contributed by atoms with van der Waals surface area (Å²) in [5.74, 6) is 0.830. The number of hydrogen-bond donors (Lipinski definition) is 1. The van der Waals surface area contributed by atoms with Gasteiger partial charge in [0, 0.05) is 12.1 Å². The monoisotopic (exact) mass is 277 g/mol. The van der Waals surface area contributed by atoms with Crippen molar-refractivity contribution in [2.75, 3.05) is 13.7 Å². The van der Waals surface area contributed by atoms with Crippen LogP contribution in [0.3, 0.4) is 0 Å². The first-order chi connectivity index (χ1) is 9.63. The minimum Gasteiger partial charge on any atom is -0.497 e. The van der Waals surface area contributed by atoms with Crippen LogP contribution in [0, 0.1) is 0 Å². The number of ether oxygens (including phenoxy) is 1. The largest absolute Gasteiger partial charge is 0.497 e. The van der Waals surface area contributed by atoms with E-state index in [2.05, 4.69) is 18.7 Å². The van der Waals surface area contributed by atoms with Crippen LogP contribution in [-0.4, -0.2) is 35.7 Å². The molecule has 0 spiro atoms. The topological polar surface area (TPSA) is 32.7 Å². The van der Waals surface area contributed by atoms with E-state index in [0.717, 1.165) is 17.9 Å². The van der Waals surface area contributed by atoms with Crippen LogP contribution in [-0.2, 0) is 0 Å². The number of rotatable bonds is 4. The standard InChI is InChI=1S/C17H27NO2/c1-13-7-5-4-6-12-18(13)14(2)17(19)15-8-10-16(20-3)11-9-15/h8-11,13-14,17,19H,4-7,12H2,1-3H3. The lowest BCUT2D eigenvalue weighted by atomic mass is 10.0. The average Bonchev–Trinajstić information content (AvgIpc) is 2.70. The van der Waals surface area contributed by atoms with Crippen molar-refractivity contribution in [2.24, 2.45) is 0 Å². The van der Waals surface area contributed by atoms with Crippen LogP contribution in [0.1, 0.15) is 51.2 Å². The molecule has 0 bridgehead atoms. The molecule has 3 nitrogen and oxygen atoms in total. The SMILES string of the molecule is COc1ccc(C(O)C(C)N2CCCCCC2C)cc1. The van der Waals surface area contributed by atoms with E-state index in [9.17, 15) is 5.11 Å². The summed E-state index contributed by atoms with van der Waals surface area (Å²) in [6.45, 7) is 5.51. The summed E-state index contributed by atoms with van der Waals surface area (Å²) in [6, 6.07) is 8.45. The Morgan fingerprint density at radius 2 is 1.90 bits per heavy atom. The van der Waals surface area contributed by atoms with Crippen molar-refractivity contribution in [3.63, 3.8) is 0 Å². The third-order valence-electron chi connectivity index (χ3n) is 4.54. The summed E-state index contributed by atoms with van der Waals surface area (Å²) in [5, 5.41) is 10.6.